The Labute approximate surface area is 167 Å². The molecule has 0 fully saturated rings. The van der Waals surface area contributed by atoms with E-state index in [4.69, 9.17) is 4.74 Å². The molecule has 27 heavy (non-hydrogen) atoms. The quantitative estimate of drug-likeness (QED) is 0.844. The van der Waals surface area contributed by atoms with Crippen molar-refractivity contribution in [3.05, 3.63) is 53.1 Å². The van der Waals surface area contributed by atoms with Crippen LogP contribution in [-0.2, 0) is 0 Å². The lowest BCUT2D eigenvalue weighted by Crippen LogP contribution is -2.38. The predicted octanol–water partition coefficient (Wildman–Crippen LogP) is 3.89. The monoisotopic (exact) mass is 386 g/mol. The second-order valence-corrected chi connectivity index (χ2v) is 8.72. The van der Waals surface area contributed by atoms with Crippen molar-refractivity contribution >= 4 is 17.4 Å². The number of thioether (sulfide) groups is 1. The third-order valence-electron chi connectivity index (χ3n) is 5.19. The molecule has 0 radical (unpaired) electrons. The van der Waals surface area contributed by atoms with Crippen molar-refractivity contribution in [1.82, 2.24) is 4.90 Å². The van der Waals surface area contributed by atoms with Crippen LogP contribution in [0.2, 0.25) is 0 Å². The van der Waals surface area contributed by atoms with E-state index < -0.39 is 6.10 Å². The van der Waals surface area contributed by atoms with Crippen LogP contribution in [0.4, 0.5) is 5.69 Å². The van der Waals surface area contributed by atoms with Crippen molar-refractivity contribution in [3.8, 4) is 5.75 Å². The number of fused-ring (bicyclic) bond motifs is 1. The van der Waals surface area contributed by atoms with Crippen LogP contribution in [0, 0.1) is 13.8 Å². The molecule has 3 rings (SSSR count). The van der Waals surface area contributed by atoms with E-state index in [9.17, 15) is 5.11 Å². The maximum atomic E-state index is 11.1. The highest BCUT2D eigenvalue weighted by Crippen LogP contribution is 2.46. The number of nitrogens with zero attached hydrogens (tertiary/aromatic N) is 2. The summed E-state index contributed by atoms with van der Waals surface area (Å²) in [6, 6.07) is 12.6. The fraction of sp³-hybridized carbons (Fsp3) is 0.455. The van der Waals surface area contributed by atoms with Crippen LogP contribution in [0.25, 0.3) is 0 Å². The van der Waals surface area contributed by atoms with Gasteiger partial charge in [-0.1, -0.05) is 12.1 Å². The summed E-state index contributed by atoms with van der Waals surface area (Å²) in [6.45, 7) is 6.80. The number of ether oxygens (including phenoxy) is 1. The third kappa shape index (κ3) is 4.60. The fourth-order valence-corrected chi connectivity index (χ4v) is 4.73. The van der Waals surface area contributed by atoms with E-state index >= 15 is 0 Å². The minimum Gasteiger partial charge on any atom is -0.497 e. The van der Waals surface area contributed by atoms with Gasteiger partial charge in [0.15, 0.2) is 0 Å². The smallest absolute Gasteiger partial charge is 0.118 e. The van der Waals surface area contributed by atoms with E-state index in [0.29, 0.717) is 6.54 Å². The average Bonchev–Trinajstić information content (AvgIpc) is 2.77. The standard InChI is InChI=1S/C22H30N2O2S/c1-15-12-19-21(13-16(15)2)27-22(17-6-8-18(26-5)9-7-17)20(25)14-24(19)11-10-23(3)4/h6-9,12-13,20,22,25H,10-11,14H2,1-5H3/t20-,22-/m0/s1. The summed E-state index contributed by atoms with van der Waals surface area (Å²) >= 11 is 1.77. The van der Waals surface area contributed by atoms with Gasteiger partial charge in [0.05, 0.1) is 24.2 Å². The maximum absolute atomic E-state index is 11.1. The molecule has 0 unspecified atom stereocenters. The van der Waals surface area contributed by atoms with Gasteiger partial charge in [-0.3, -0.25) is 0 Å². The van der Waals surface area contributed by atoms with Crippen molar-refractivity contribution in [2.45, 2.75) is 30.1 Å². The molecule has 2 atom stereocenters. The van der Waals surface area contributed by atoms with Crippen LogP contribution in [0.15, 0.2) is 41.3 Å². The Balaban J connectivity index is 1.97. The summed E-state index contributed by atoms with van der Waals surface area (Å²) < 4.78 is 5.28. The molecule has 146 valence electrons. The number of rotatable bonds is 5. The third-order valence-corrected chi connectivity index (χ3v) is 6.61. The lowest BCUT2D eigenvalue weighted by molar-refractivity contribution is 0.177. The molecule has 1 N–H and O–H groups in total. The SMILES string of the molecule is COc1ccc([C@@H]2Sc3cc(C)c(C)cc3N(CCN(C)C)C[C@@H]2O)cc1. The zero-order valence-electron chi connectivity index (χ0n) is 16.9. The molecule has 1 aliphatic rings. The van der Waals surface area contributed by atoms with Crippen LogP contribution in [-0.4, -0.2) is 56.9 Å². The van der Waals surface area contributed by atoms with Crippen molar-refractivity contribution in [2.75, 3.05) is 45.7 Å². The van der Waals surface area contributed by atoms with Crippen LogP contribution >= 0.6 is 11.8 Å². The second kappa shape index (κ2) is 8.55. The number of aliphatic hydroxyl groups is 1. The molecule has 1 aliphatic heterocycles. The summed E-state index contributed by atoms with van der Waals surface area (Å²) in [5.74, 6) is 0.839. The summed E-state index contributed by atoms with van der Waals surface area (Å²) in [4.78, 5) is 5.77. The van der Waals surface area contributed by atoms with E-state index in [2.05, 4.69) is 62.0 Å². The van der Waals surface area contributed by atoms with Gasteiger partial charge in [0.2, 0.25) is 0 Å². The lowest BCUT2D eigenvalue weighted by atomic mass is 10.1. The van der Waals surface area contributed by atoms with Crippen molar-refractivity contribution in [1.29, 1.82) is 0 Å². The largest absolute Gasteiger partial charge is 0.497 e. The van der Waals surface area contributed by atoms with Crippen LogP contribution in [0.1, 0.15) is 21.9 Å². The molecule has 0 amide bonds. The average molecular weight is 387 g/mol. The number of benzene rings is 2. The van der Waals surface area contributed by atoms with E-state index in [0.717, 1.165) is 24.4 Å². The Morgan fingerprint density at radius 1 is 1.15 bits per heavy atom. The zero-order valence-corrected chi connectivity index (χ0v) is 17.7. The number of likely N-dealkylation sites (N-methyl/N-ethyl adjacent to an activating group) is 1. The van der Waals surface area contributed by atoms with Gasteiger partial charge in [0.1, 0.15) is 5.75 Å². The van der Waals surface area contributed by atoms with Crippen molar-refractivity contribution < 1.29 is 9.84 Å². The normalized spacial score (nSPS) is 19.7. The Hall–Kier alpha value is -1.69. The van der Waals surface area contributed by atoms with Gasteiger partial charge in [-0.25, -0.2) is 0 Å². The van der Waals surface area contributed by atoms with Gasteiger partial charge < -0.3 is 19.6 Å². The molecule has 0 aliphatic carbocycles. The maximum Gasteiger partial charge on any atom is 0.118 e. The Kier molecular flexibility index (Phi) is 6.35. The first-order valence-corrected chi connectivity index (χ1v) is 10.3. The van der Waals surface area contributed by atoms with Crippen LogP contribution in [0.5, 0.6) is 5.75 Å². The van der Waals surface area contributed by atoms with Gasteiger partial charge in [-0.15, -0.1) is 11.8 Å². The first-order chi connectivity index (χ1) is 12.9. The molecule has 2 aromatic rings. The molecule has 0 spiro atoms. The number of aryl methyl sites for hydroxylation is 2. The predicted molar refractivity (Wildman–Crippen MR) is 114 cm³/mol. The summed E-state index contributed by atoms with van der Waals surface area (Å²) in [7, 11) is 5.85. The molecule has 2 aromatic carbocycles. The molecule has 1 heterocycles. The number of anilines is 1. The lowest BCUT2D eigenvalue weighted by Gasteiger charge is -2.28. The number of β-amino-alcohol motifs (C(OH)–C–C–N with tert-alkyl or cyclic N) is 1. The number of hydrogen-bond acceptors (Lipinski definition) is 5. The molecule has 0 saturated carbocycles. The first-order valence-electron chi connectivity index (χ1n) is 9.38. The Morgan fingerprint density at radius 2 is 1.81 bits per heavy atom. The van der Waals surface area contributed by atoms with Gasteiger partial charge in [-0.05, 0) is 68.9 Å². The molecular weight excluding hydrogens is 356 g/mol. The Bertz CT molecular complexity index is 777. The highest BCUT2D eigenvalue weighted by molar-refractivity contribution is 7.99. The fourth-order valence-electron chi connectivity index (χ4n) is 3.37. The van der Waals surface area contributed by atoms with Crippen molar-refractivity contribution in [3.63, 3.8) is 0 Å². The van der Waals surface area contributed by atoms with E-state index in [1.807, 2.05) is 12.1 Å². The van der Waals surface area contributed by atoms with E-state index in [1.54, 1.807) is 18.9 Å². The summed E-state index contributed by atoms with van der Waals surface area (Å²) in [5.41, 5.74) is 4.95. The van der Waals surface area contributed by atoms with E-state index in [1.165, 1.54) is 21.7 Å². The van der Waals surface area contributed by atoms with Gasteiger partial charge >= 0.3 is 0 Å². The Morgan fingerprint density at radius 3 is 2.44 bits per heavy atom. The minimum absolute atomic E-state index is 0.00104. The molecule has 4 nitrogen and oxygen atoms in total. The number of methoxy groups -OCH3 is 1. The topological polar surface area (TPSA) is 35.9 Å². The molecule has 0 aromatic heterocycles. The second-order valence-electron chi connectivity index (χ2n) is 7.53. The summed E-state index contributed by atoms with van der Waals surface area (Å²) in [6.07, 6.45) is -0.446. The van der Waals surface area contributed by atoms with E-state index in [-0.39, 0.29) is 5.25 Å². The van der Waals surface area contributed by atoms with Gasteiger partial charge in [-0.2, -0.15) is 0 Å². The number of hydrogen-bond donors (Lipinski definition) is 1. The van der Waals surface area contributed by atoms with Gasteiger partial charge in [0.25, 0.3) is 0 Å². The van der Waals surface area contributed by atoms with Gasteiger partial charge in [0, 0.05) is 24.5 Å². The first kappa shape index (κ1) is 20.1. The molecule has 0 saturated heterocycles. The highest BCUT2D eigenvalue weighted by atomic mass is 32.2. The number of aliphatic hydroxyl groups excluding tert-OH is 1. The summed E-state index contributed by atoms with van der Waals surface area (Å²) in [5, 5.41) is 11.1. The highest BCUT2D eigenvalue weighted by Gasteiger charge is 2.30. The molecular formula is C22H30N2O2S. The molecule has 5 heteroatoms. The van der Waals surface area contributed by atoms with Crippen LogP contribution < -0.4 is 9.64 Å². The molecule has 0 bridgehead atoms. The van der Waals surface area contributed by atoms with Crippen LogP contribution in [0.3, 0.4) is 0 Å². The van der Waals surface area contributed by atoms with Crippen molar-refractivity contribution in [2.24, 2.45) is 0 Å². The minimum atomic E-state index is -0.446. The zero-order chi connectivity index (χ0) is 19.6.